The Morgan fingerprint density at radius 2 is 1.10 bits per heavy atom. The van der Waals surface area contributed by atoms with E-state index in [1.807, 2.05) is 0 Å². The molecule has 0 unspecified atom stereocenters. The Balaban J connectivity index is 0.00000900. The number of hydrogen-bond acceptors (Lipinski definition) is 2. The molecule has 0 amide bonds. The van der Waals surface area contributed by atoms with Crippen LogP contribution in [0, 0.1) is 5.82 Å². The maximum Gasteiger partial charge on any atom is 0.164 e. The van der Waals surface area contributed by atoms with Crippen molar-refractivity contribution in [3.8, 4) is 0 Å². The third-order valence-electron chi connectivity index (χ3n) is 5.90. The molecular weight excluding hydrogens is 409 g/mol. The van der Waals surface area contributed by atoms with Crippen molar-refractivity contribution in [2.75, 3.05) is 13.1 Å². The average molecular weight is 456 g/mol. The van der Waals surface area contributed by atoms with Crippen LogP contribution in [0.15, 0.2) is 24.3 Å². The highest BCUT2D eigenvalue weighted by molar-refractivity contribution is 5.96. The van der Waals surface area contributed by atoms with Crippen LogP contribution in [0.1, 0.15) is 126 Å². The zero-order valence-corrected chi connectivity index (χ0v) is 20.8. The Hall–Kier alpha value is -0.930. The van der Waals surface area contributed by atoms with E-state index in [4.69, 9.17) is 0 Å². The van der Waals surface area contributed by atoms with Crippen LogP contribution >= 0.6 is 12.4 Å². The molecule has 0 saturated heterocycles. The summed E-state index contributed by atoms with van der Waals surface area (Å²) in [6, 6.07) is 5.81. The highest BCUT2D eigenvalue weighted by Gasteiger charge is 2.05. The number of halogens is 2. The van der Waals surface area contributed by atoms with Crippen molar-refractivity contribution in [2.45, 2.75) is 116 Å². The molecule has 0 aliphatic carbocycles. The van der Waals surface area contributed by atoms with Gasteiger partial charge in [-0.15, -0.1) is 12.4 Å². The maximum atomic E-state index is 12.9. The second kappa shape index (κ2) is 22.3. The Morgan fingerprint density at radius 3 is 1.55 bits per heavy atom. The lowest BCUT2D eigenvalue weighted by Crippen LogP contribution is -2.19. The molecule has 0 fully saturated rings. The van der Waals surface area contributed by atoms with E-state index in [1.54, 1.807) is 12.1 Å². The van der Waals surface area contributed by atoms with E-state index in [1.165, 1.54) is 115 Å². The fourth-order valence-corrected chi connectivity index (χ4v) is 3.91. The van der Waals surface area contributed by atoms with E-state index in [0.29, 0.717) is 18.5 Å². The van der Waals surface area contributed by atoms with Crippen LogP contribution in [-0.4, -0.2) is 18.9 Å². The highest BCUT2D eigenvalue weighted by atomic mass is 35.5. The van der Waals surface area contributed by atoms with Gasteiger partial charge in [-0.25, -0.2) is 4.39 Å². The van der Waals surface area contributed by atoms with Crippen molar-refractivity contribution in [1.82, 2.24) is 5.32 Å². The first kappa shape index (κ1) is 30.1. The van der Waals surface area contributed by atoms with Gasteiger partial charge >= 0.3 is 0 Å². The number of Topliss-reactive ketones (excluding diaryl/α,β-unsaturated/α-hetero) is 1. The van der Waals surface area contributed by atoms with Crippen LogP contribution < -0.4 is 5.32 Å². The minimum atomic E-state index is -0.298. The molecule has 1 N–H and O–H groups in total. The van der Waals surface area contributed by atoms with E-state index >= 15 is 0 Å². The molecule has 2 nitrogen and oxygen atoms in total. The molecule has 0 bridgehead atoms. The van der Waals surface area contributed by atoms with Gasteiger partial charge in [0.2, 0.25) is 0 Å². The van der Waals surface area contributed by atoms with Gasteiger partial charge in [0.05, 0.1) is 0 Å². The highest BCUT2D eigenvalue weighted by Crippen LogP contribution is 2.13. The third-order valence-corrected chi connectivity index (χ3v) is 5.90. The van der Waals surface area contributed by atoms with Gasteiger partial charge in [-0.3, -0.25) is 4.79 Å². The summed E-state index contributed by atoms with van der Waals surface area (Å²) in [5, 5.41) is 3.35. The van der Waals surface area contributed by atoms with Crippen LogP contribution in [0.3, 0.4) is 0 Å². The van der Waals surface area contributed by atoms with Crippen molar-refractivity contribution in [3.05, 3.63) is 35.6 Å². The summed E-state index contributed by atoms with van der Waals surface area (Å²) >= 11 is 0. The molecule has 0 atom stereocenters. The van der Waals surface area contributed by atoms with Crippen LogP contribution in [0.2, 0.25) is 0 Å². The number of unbranched alkanes of at least 4 members (excludes halogenated alkanes) is 15. The molecule has 0 saturated carbocycles. The lowest BCUT2D eigenvalue weighted by atomic mass is 10.0. The summed E-state index contributed by atoms with van der Waals surface area (Å²) in [6.45, 7) is 3.97. The monoisotopic (exact) mass is 455 g/mol. The van der Waals surface area contributed by atoms with E-state index in [0.717, 1.165) is 6.54 Å². The second-order valence-electron chi connectivity index (χ2n) is 8.73. The smallest absolute Gasteiger partial charge is 0.164 e. The fourth-order valence-electron chi connectivity index (χ4n) is 3.91. The van der Waals surface area contributed by atoms with Gasteiger partial charge < -0.3 is 5.32 Å². The summed E-state index contributed by atoms with van der Waals surface area (Å²) in [5.74, 6) is -0.220. The number of benzene rings is 1. The minimum Gasteiger partial charge on any atom is -0.316 e. The summed E-state index contributed by atoms with van der Waals surface area (Å²) in [4.78, 5) is 12.0. The summed E-state index contributed by atoms with van der Waals surface area (Å²) in [5.41, 5.74) is 0.598. The van der Waals surface area contributed by atoms with Crippen LogP contribution in [0.5, 0.6) is 0 Å². The predicted molar refractivity (Wildman–Crippen MR) is 135 cm³/mol. The number of carbonyl (C=O) groups excluding carboxylic acids is 1. The molecule has 0 aliphatic heterocycles. The van der Waals surface area contributed by atoms with E-state index in [-0.39, 0.29) is 24.0 Å². The Bertz CT molecular complexity index is 520. The molecule has 180 valence electrons. The van der Waals surface area contributed by atoms with Crippen LogP contribution in [0.4, 0.5) is 4.39 Å². The topological polar surface area (TPSA) is 29.1 Å². The summed E-state index contributed by atoms with van der Waals surface area (Å²) in [6.07, 6.45) is 22.6. The molecule has 0 radical (unpaired) electrons. The predicted octanol–water partition coefficient (Wildman–Crippen LogP) is 8.67. The van der Waals surface area contributed by atoms with Crippen molar-refractivity contribution in [3.63, 3.8) is 0 Å². The van der Waals surface area contributed by atoms with Crippen LogP contribution in [0.25, 0.3) is 0 Å². The van der Waals surface area contributed by atoms with E-state index in [2.05, 4.69) is 12.2 Å². The fraction of sp³-hybridized carbons (Fsp3) is 0.741. The number of hydrogen-bond donors (Lipinski definition) is 1. The van der Waals surface area contributed by atoms with Gasteiger partial charge in [-0.2, -0.15) is 0 Å². The van der Waals surface area contributed by atoms with Gasteiger partial charge in [-0.1, -0.05) is 103 Å². The molecule has 1 aromatic carbocycles. The molecule has 4 heteroatoms. The molecular formula is C27H47ClFNO. The normalized spacial score (nSPS) is 10.8. The summed E-state index contributed by atoms with van der Waals surface area (Å²) < 4.78 is 12.9. The Morgan fingerprint density at radius 1 is 0.677 bits per heavy atom. The molecule has 31 heavy (non-hydrogen) atoms. The lowest BCUT2D eigenvalue weighted by molar-refractivity contribution is 0.0982. The molecule has 1 aromatic rings. The first-order valence-electron chi connectivity index (χ1n) is 12.7. The van der Waals surface area contributed by atoms with E-state index < -0.39 is 0 Å². The number of carbonyl (C=O) groups is 1. The van der Waals surface area contributed by atoms with Crippen molar-refractivity contribution in [2.24, 2.45) is 0 Å². The third kappa shape index (κ3) is 18.4. The average Bonchev–Trinajstić information content (AvgIpc) is 2.75. The largest absolute Gasteiger partial charge is 0.316 e. The molecule has 1 rings (SSSR count). The first-order chi connectivity index (χ1) is 14.7. The Labute approximate surface area is 197 Å². The van der Waals surface area contributed by atoms with Gasteiger partial charge in [0.15, 0.2) is 5.78 Å². The second-order valence-corrected chi connectivity index (χ2v) is 8.73. The van der Waals surface area contributed by atoms with E-state index in [9.17, 15) is 9.18 Å². The molecule has 0 heterocycles. The standard InChI is InChI=1S/C27H46FNO.ClH/c1-2-3-4-5-6-7-8-9-10-11-12-13-14-15-16-17-23-29-24-22-27(30)25-18-20-26(28)21-19-25;/h18-21,29H,2-17,22-24H2,1H3;1H. The number of rotatable bonds is 21. The molecule has 0 spiro atoms. The van der Waals surface area contributed by atoms with Gasteiger partial charge in [0, 0.05) is 18.5 Å². The zero-order valence-electron chi connectivity index (χ0n) is 19.9. The van der Waals surface area contributed by atoms with Crippen molar-refractivity contribution >= 4 is 18.2 Å². The maximum absolute atomic E-state index is 12.9. The molecule has 0 aromatic heterocycles. The van der Waals surface area contributed by atoms with Crippen molar-refractivity contribution < 1.29 is 9.18 Å². The minimum absolute atomic E-state index is 0. The SMILES string of the molecule is CCCCCCCCCCCCCCCCCCNCCC(=O)c1ccc(F)cc1.Cl. The van der Waals surface area contributed by atoms with Crippen molar-refractivity contribution in [1.29, 1.82) is 0 Å². The number of ketones is 1. The zero-order chi connectivity index (χ0) is 21.7. The van der Waals surface area contributed by atoms with Gasteiger partial charge in [-0.05, 0) is 37.2 Å². The summed E-state index contributed by atoms with van der Waals surface area (Å²) in [7, 11) is 0. The first-order valence-corrected chi connectivity index (χ1v) is 12.7. The number of nitrogens with one attached hydrogen (secondary N) is 1. The van der Waals surface area contributed by atoms with Crippen LogP contribution in [-0.2, 0) is 0 Å². The Kier molecular flexibility index (Phi) is 21.6. The molecule has 0 aliphatic rings. The quantitative estimate of drug-likeness (QED) is 0.148. The van der Waals surface area contributed by atoms with Gasteiger partial charge in [0.25, 0.3) is 0 Å². The van der Waals surface area contributed by atoms with Gasteiger partial charge in [0.1, 0.15) is 5.82 Å². The lowest BCUT2D eigenvalue weighted by Gasteiger charge is -2.05.